The largest absolute Gasteiger partial charge is 0.338 e. The Morgan fingerprint density at radius 3 is 2.85 bits per heavy atom. The van der Waals surface area contributed by atoms with Crippen molar-refractivity contribution in [2.45, 2.75) is 31.7 Å². The molecule has 20 heavy (non-hydrogen) atoms. The zero-order chi connectivity index (χ0) is 14.5. The van der Waals surface area contributed by atoms with Gasteiger partial charge in [0, 0.05) is 18.7 Å². The quantitative estimate of drug-likeness (QED) is 0.798. The van der Waals surface area contributed by atoms with E-state index < -0.39 is 17.7 Å². The average Bonchev–Trinajstić information content (AvgIpc) is 2.40. The van der Waals surface area contributed by atoms with Gasteiger partial charge >= 0.3 is 6.03 Å². The molecule has 4 N–H and O–H groups in total. The maximum atomic E-state index is 13.4. The predicted octanol–water partition coefficient (Wildman–Crippen LogP) is 2.60. The zero-order valence-corrected chi connectivity index (χ0v) is 11.2. The molecule has 2 amide bonds. The van der Waals surface area contributed by atoms with Gasteiger partial charge in [0.15, 0.2) is 0 Å². The molecular weight excluding hydrogens is 264 g/mol. The van der Waals surface area contributed by atoms with Gasteiger partial charge in [-0.15, -0.1) is 0 Å². The number of hydrogen-bond acceptors (Lipinski definition) is 2. The second-order valence-corrected chi connectivity index (χ2v) is 5.25. The van der Waals surface area contributed by atoms with E-state index in [0.29, 0.717) is 12.5 Å². The van der Waals surface area contributed by atoms with Crippen LogP contribution in [0.1, 0.15) is 25.7 Å². The van der Waals surface area contributed by atoms with Gasteiger partial charge in [0.25, 0.3) is 0 Å². The average molecular weight is 283 g/mol. The number of carbonyl (C=O) groups excluding carboxylic acids is 1. The van der Waals surface area contributed by atoms with E-state index in [1.165, 1.54) is 6.07 Å². The van der Waals surface area contributed by atoms with E-state index in [1.54, 1.807) is 0 Å². The molecule has 2 rings (SSSR count). The van der Waals surface area contributed by atoms with E-state index in [1.807, 2.05) is 0 Å². The number of anilines is 1. The Balaban J connectivity index is 1.80. The lowest BCUT2D eigenvalue weighted by molar-refractivity contribution is 0.245. The summed E-state index contributed by atoms with van der Waals surface area (Å²) in [5.41, 5.74) is 5.84. The summed E-state index contributed by atoms with van der Waals surface area (Å²) in [4.78, 5) is 11.7. The molecule has 0 aromatic heterocycles. The van der Waals surface area contributed by atoms with Gasteiger partial charge in [-0.05, 0) is 37.3 Å². The summed E-state index contributed by atoms with van der Waals surface area (Å²) < 4.78 is 26.1. The Kier molecular flexibility index (Phi) is 4.89. The highest BCUT2D eigenvalue weighted by Gasteiger charge is 2.19. The van der Waals surface area contributed by atoms with Gasteiger partial charge in [0.05, 0.1) is 5.69 Å². The van der Waals surface area contributed by atoms with E-state index in [4.69, 9.17) is 5.73 Å². The highest BCUT2D eigenvalue weighted by Crippen LogP contribution is 2.22. The van der Waals surface area contributed by atoms with Gasteiger partial charge in [-0.2, -0.15) is 0 Å². The molecule has 0 saturated heterocycles. The predicted molar refractivity (Wildman–Crippen MR) is 73.3 cm³/mol. The molecular formula is C14H19F2N3O. The maximum Gasteiger partial charge on any atom is 0.319 e. The highest BCUT2D eigenvalue weighted by atomic mass is 19.1. The van der Waals surface area contributed by atoms with Crippen molar-refractivity contribution < 1.29 is 13.6 Å². The van der Waals surface area contributed by atoms with E-state index >= 15 is 0 Å². The summed E-state index contributed by atoms with van der Waals surface area (Å²) >= 11 is 0. The maximum absolute atomic E-state index is 13.4. The number of hydrogen-bond donors (Lipinski definition) is 3. The van der Waals surface area contributed by atoms with Crippen LogP contribution in [0.25, 0.3) is 0 Å². The lowest BCUT2D eigenvalue weighted by atomic mass is 9.86. The highest BCUT2D eigenvalue weighted by molar-refractivity contribution is 5.89. The summed E-state index contributed by atoms with van der Waals surface area (Å²) in [6.45, 7) is 0.516. The van der Waals surface area contributed by atoms with Crippen molar-refractivity contribution in [2.24, 2.45) is 11.7 Å². The number of halogens is 2. The Morgan fingerprint density at radius 1 is 1.35 bits per heavy atom. The molecule has 110 valence electrons. The minimum absolute atomic E-state index is 0.0377. The Morgan fingerprint density at radius 2 is 2.15 bits per heavy atom. The van der Waals surface area contributed by atoms with Crippen molar-refractivity contribution in [1.82, 2.24) is 5.32 Å². The van der Waals surface area contributed by atoms with Crippen LogP contribution >= 0.6 is 0 Å². The van der Waals surface area contributed by atoms with Crippen molar-refractivity contribution in [3.63, 3.8) is 0 Å². The van der Waals surface area contributed by atoms with E-state index in [2.05, 4.69) is 10.6 Å². The van der Waals surface area contributed by atoms with E-state index in [9.17, 15) is 13.6 Å². The third kappa shape index (κ3) is 4.16. The molecule has 0 bridgehead atoms. The topological polar surface area (TPSA) is 67.1 Å². The molecule has 1 saturated carbocycles. The number of nitrogens with one attached hydrogen (secondary N) is 2. The van der Waals surface area contributed by atoms with Crippen molar-refractivity contribution in [2.75, 3.05) is 11.9 Å². The normalized spacial score (nSPS) is 22.4. The molecule has 2 atom stereocenters. The third-order valence-electron chi connectivity index (χ3n) is 3.55. The van der Waals surface area contributed by atoms with Crippen LogP contribution in [-0.4, -0.2) is 18.6 Å². The second-order valence-electron chi connectivity index (χ2n) is 5.25. The first-order chi connectivity index (χ1) is 9.54. The van der Waals surface area contributed by atoms with Crippen molar-refractivity contribution in [1.29, 1.82) is 0 Å². The fraction of sp³-hybridized carbons (Fsp3) is 0.500. The number of benzene rings is 1. The fourth-order valence-electron chi connectivity index (χ4n) is 2.51. The lowest BCUT2D eigenvalue weighted by Gasteiger charge is -2.26. The van der Waals surface area contributed by atoms with E-state index in [0.717, 1.165) is 37.8 Å². The molecule has 0 aliphatic heterocycles. The molecule has 4 nitrogen and oxygen atoms in total. The molecule has 0 spiro atoms. The summed E-state index contributed by atoms with van der Waals surface area (Å²) in [5, 5.41) is 5.06. The molecule has 0 radical (unpaired) electrons. The summed E-state index contributed by atoms with van der Waals surface area (Å²) in [6, 6.07) is 2.73. The fourth-order valence-corrected chi connectivity index (χ4v) is 2.51. The second kappa shape index (κ2) is 6.65. The number of rotatable bonds is 3. The SMILES string of the molecule is NC1CCCC(CNC(=O)Nc2ccc(F)cc2F)C1. The van der Waals surface area contributed by atoms with Crippen molar-refractivity contribution in [3.8, 4) is 0 Å². The first-order valence-electron chi connectivity index (χ1n) is 6.80. The van der Waals surface area contributed by atoms with Gasteiger partial charge in [-0.25, -0.2) is 13.6 Å². The molecule has 0 heterocycles. The van der Waals surface area contributed by atoms with Gasteiger partial charge in [0.2, 0.25) is 0 Å². The summed E-state index contributed by atoms with van der Waals surface area (Å²) in [7, 11) is 0. The van der Waals surface area contributed by atoms with Crippen LogP contribution in [0.3, 0.4) is 0 Å². The van der Waals surface area contributed by atoms with Crippen LogP contribution in [-0.2, 0) is 0 Å². The van der Waals surface area contributed by atoms with Crippen molar-refractivity contribution in [3.05, 3.63) is 29.8 Å². The molecule has 1 aliphatic rings. The minimum atomic E-state index is -0.792. The number of nitrogens with two attached hydrogens (primary N) is 1. The number of amides is 2. The molecule has 1 aromatic carbocycles. The zero-order valence-electron chi connectivity index (χ0n) is 11.2. The molecule has 1 fully saturated rings. The number of carbonyl (C=O) groups is 1. The number of urea groups is 1. The molecule has 1 aliphatic carbocycles. The Bertz CT molecular complexity index is 481. The minimum Gasteiger partial charge on any atom is -0.338 e. The molecule has 6 heteroatoms. The standard InChI is InChI=1S/C14H19F2N3O/c15-10-4-5-13(12(16)7-10)19-14(20)18-8-9-2-1-3-11(17)6-9/h4-5,7,9,11H,1-3,6,8,17H2,(H2,18,19,20). The molecule has 1 aromatic rings. The summed E-state index contributed by atoms with van der Waals surface area (Å²) in [5.74, 6) is -1.10. The Hall–Kier alpha value is -1.69. The lowest BCUT2D eigenvalue weighted by Crippen LogP contribution is -2.37. The Labute approximate surface area is 116 Å². The first kappa shape index (κ1) is 14.7. The van der Waals surface area contributed by atoms with Crippen LogP contribution in [0.5, 0.6) is 0 Å². The van der Waals surface area contributed by atoms with Crippen LogP contribution in [0, 0.1) is 17.6 Å². The van der Waals surface area contributed by atoms with Crippen LogP contribution < -0.4 is 16.4 Å². The third-order valence-corrected chi connectivity index (χ3v) is 3.55. The van der Waals surface area contributed by atoms with Gasteiger partial charge in [-0.1, -0.05) is 6.42 Å². The van der Waals surface area contributed by atoms with Gasteiger partial charge < -0.3 is 16.4 Å². The van der Waals surface area contributed by atoms with Crippen LogP contribution in [0.2, 0.25) is 0 Å². The first-order valence-corrected chi connectivity index (χ1v) is 6.80. The molecule has 2 unspecified atom stereocenters. The monoisotopic (exact) mass is 283 g/mol. The van der Waals surface area contributed by atoms with Crippen molar-refractivity contribution >= 4 is 11.7 Å². The van der Waals surface area contributed by atoms with Crippen LogP contribution in [0.15, 0.2) is 18.2 Å². The smallest absolute Gasteiger partial charge is 0.319 e. The van der Waals surface area contributed by atoms with Gasteiger partial charge in [-0.3, -0.25) is 0 Å². The van der Waals surface area contributed by atoms with Crippen LogP contribution in [0.4, 0.5) is 19.3 Å². The van der Waals surface area contributed by atoms with E-state index in [-0.39, 0.29) is 11.7 Å². The van der Waals surface area contributed by atoms with Gasteiger partial charge in [0.1, 0.15) is 11.6 Å². The summed E-state index contributed by atoms with van der Waals surface area (Å²) in [6.07, 6.45) is 4.04.